The summed E-state index contributed by atoms with van der Waals surface area (Å²) in [5.41, 5.74) is 2.13. The van der Waals surface area contributed by atoms with Gasteiger partial charge in [0.25, 0.3) is 5.91 Å². The normalized spacial score (nSPS) is 13.6. The van der Waals surface area contributed by atoms with Crippen LogP contribution in [0.1, 0.15) is 35.4 Å². The third kappa shape index (κ3) is 3.46. The Balaban J connectivity index is 1.66. The summed E-state index contributed by atoms with van der Waals surface area (Å²) in [5.74, 6) is -0.522. The van der Waals surface area contributed by atoms with Crippen LogP contribution in [0, 0.1) is 5.82 Å². The van der Waals surface area contributed by atoms with Crippen LogP contribution in [0.4, 0.5) is 4.39 Å². The molecule has 5 heteroatoms. The number of aromatic nitrogens is 1. The molecule has 2 unspecified atom stereocenters. The number of carbonyl (C=O) groups is 1. The Morgan fingerprint density at radius 3 is 2.71 bits per heavy atom. The molecule has 3 aromatic rings. The molecular formula is C19H19FN2O2. The monoisotopic (exact) mass is 326 g/mol. The summed E-state index contributed by atoms with van der Waals surface area (Å²) in [5, 5.41) is 14.0. The van der Waals surface area contributed by atoms with Crippen molar-refractivity contribution in [3.63, 3.8) is 0 Å². The van der Waals surface area contributed by atoms with Gasteiger partial charge in [-0.2, -0.15) is 0 Å². The van der Waals surface area contributed by atoms with Crippen LogP contribution in [0.15, 0.2) is 54.7 Å². The number of nitrogens with one attached hydrogen (secondary N) is 2. The van der Waals surface area contributed by atoms with Gasteiger partial charge in [0.15, 0.2) is 0 Å². The zero-order valence-corrected chi connectivity index (χ0v) is 13.3. The molecule has 0 spiro atoms. The van der Waals surface area contributed by atoms with E-state index in [1.807, 2.05) is 25.1 Å². The van der Waals surface area contributed by atoms with Crippen LogP contribution >= 0.6 is 0 Å². The maximum absolute atomic E-state index is 12.9. The van der Waals surface area contributed by atoms with Gasteiger partial charge in [0, 0.05) is 28.7 Å². The van der Waals surface area contributed by atoms with E-state index in [2.05, 4.69) is 10.3 Å². The first-order valence-corrected chi connectivity index (χ1v) is 7.85. The van der Waals surface area contributed by atoms with Crippen LogP contribution in [0.5, 0.6) is 0 Å². The van der Waals surface area contributed by atoms with Crippen molar-refractivity contribution in [1.82, 2.24) is 10.3 Å². The SMILES string of the molecule is CC(CC(O)c1ccc(F)cc1)NC(=O)c1cccc2[nH]ccc12. The zero-order valence-electron chi connectivity index (χ0n) is 13.3. The summed E-state index contributed by atoms with van der Waals surface area (Å²) >= 11 is 0. The lowest BCUT2D eigenvalue weighted by atomic mass is 10.0. The minimum absolute atomic E-state index is 0.181. The summed E-state index contributed by atoms with van der Waals surface area (Å²) in [6.07, 6.45) is 1.38. The number of amides is 1. The molecule has 124 valence electrons. The van der Waals surface area contributed by atoms with Crippen molar-refractivity contribution in [3.8, 4) is 0 Å². The number of hydrogen-bond acceptors (Lipinski definition) is 2. The maximum atomic E-state index is 12.9. The molecule has 3 rings (SSSR count). The van der Waals surface area contributed by atoms with Crippen molar-refractivity contribution in [1.29, 1.82) is 0 Å². The van der Waals surface area contributed by atoms with E-state index in [9.17, 15) is 14.3 Å². The summed E-state index contributed by atoms with van der Waals surface area (Å²) in [7, 11) is 0. The van der Waals surface area contributed by atoms with Crippen molar-refractivity contribution >= 4 is 16.8 Å². The predicted octanol–water partition coefficient (Wildman–Crippen LogP) is 3.55. The fraction of sp³-hybridized carbons (Fsp3) is 0.211. The molecule has 4 nitrogen and oxygen atoms in total. The van der Waals surface area contributed by atoms with Crippen molar-refractivity contribution in [3.05, 3.63) is 71.7 Å². The lowest BCUT2D eigenvalue weighted by Crippen LogP contribution is -2.33. The summed E-state index contributed by atoms with van der Waals surface area (Å²) in [4.78, 5) is 15.5. The molecule has 0 aliphatic rings. The number of aliphatic hydroxyl groups is 1. The Morgan fingerprint density at radius 1 is 1.21 bits per heavy atom. The molecule has 2 atom stereocenters. The van der Waals surface area contributed by atoms with Gasteiger partial charge in [-0.05, 0) is 49.2 Å². The topological polar surface area (TPSA) is 65.1 Å². The zero-order chi connectivity index (χ0) is 17.1. The number of H-pyrrole nitrogens is 1. The highest BCUT2D eigenvalue weighted by Crippen LogP contribution is 2.20. The molecule has 0 aliphatic heterocycles. The van der Waals surface area contributed by atoms with Gasteiger partial charge < -0.3 is 15.4 Å². The van der Waals surface area contributed by atoms with E-state index in [-0.39, 0.29) is 17.8 Å². The first kappa shape index (κ1) is 16.2. The van der Waals surface area contributed by atoms with Crippen molar-refractivity contribution < 1.29 is 14.3 Å². The van der Waals surface area contributed by atoms with Crippen LogP contribution in [0.25, 0.3) is 10.9 Å². The highest BCUT2D eigenvalue weighted by molar-refractivity contribution is 6.06. The highest BCUT2D eigenvalue weighted by atomic mass is 19.1. The predicted molar refractivity (Wildman–Crippen MR) is 91.2 cm³/mol. The molecule has 2 aromatic carbocycles. The third-order valence-electron chi connectivity index (χ3n) is 4.05. The van der Waals surface area contributed by atoms with Gasteiger partial charge in [0.05, 0.1) is 6.10 Å². The van der Waals surface area contributed by atoms with E-state index in [4.69, 9.17) is 0 Å². The molecule has 0 fully saturated rings. The molecule has 1 heterocycles. The lowest BCUT2D eigenvalue weighted by Gasteiger charge is -2.18. The second-order valence-electron chi connectivity index (χ2n) is 5.92. The molecule has 0 bridgehead atoms. The van der Waals surface area contributed by atoms with Crippen LogP contribution in [-0.2, 0) is 0 Å². The molecule has 0 saturated carbocycles. The molecule has 0 saturated heterocycles. The number of hydrogen-bond donors (Lipinski definition) is 3. The standard InChI is InChI=1S/C19H19FN2O2/c1-12(11-18(23)13-5-7-14(20)8-6-13)22-19(24)16-3-2-4-17-15(16)9-10-21-17/h2-10,12,18,21,23H,11H2,1H3,(H,22,24). The van der Waals surface area contributed by atoms with Crippen molar-refractivity contribution in [2.24, 2.45) is 0 Å². The van der Waals surface area contributed by atoms with E-state index >= 15 is 0 Å². The van der Waals surface area contributed by atoms with Gasteiger partial charge >= 0.3 is 0 Å². The minimum Gasteiger partial charge on any atom is -0.388 e. The fourth-order valence-corrected chi connectivity index (χ4v) is 2.80. The number of fused-ring (bicyclic) bond motifs is 1. The third-order valence-corrected chi connectivity index (χ3v) is 4.05. The first-order chi connectivity index (χ1) is 11.5. The quantitative estimate of drug-likeness (QED) is 0.671. The summed E-state index contributed by atoms with van der Waals surface area (Å²) in [6, 6.07) is 12.9. The number of benzene rings is 2. The second kappa shape index (κ2) is 6.84. The Bertz CT molecular complexity index is 842. The highest BCUT2D eigenvalue weighted by Gasteiger charge is 2.17. The fourth-order valence-electron chi connectivity index (χ4n) is 2.80. The van der Waals surface area contributed by atoms with Gasteiger partial charge in [-0.25, -0.2) is 4.39 Å². The molecule has 1 aromatic heterocycles. The number of aromatic amines is 1. The van der Waals surface area contributed by atoms with Gasteiger partial charge in [-0.15, -0.1) is 0 Å². The van der Waals surface area contributed by atoms with Crippen LogP contribution in [0.2, 0.25) is 0 Å². The Morgan fingerprint density at radius 2 is 1.96 bits per heavy atom. The smallest absolute Gasteiger partial charge is 0.252 e. The van der Waals surface area contributed by atoms with E-state index in [1.165, 1.54) is 12.1 Å². The van der Waals surface area contributed by atoms with Gasteiger partial charge in [-0.3, -0.25) is 4.79 Å². The van der Waals surface area contributed by atoms with Gasteiger partial charge in [0.1, 0.15) is 5.82 Å². The molecule has 24 heavy (non-hydrogen) atoms. The second-order valence-corrected chi connectivity index (χ2v) is 5.92. The van der Waals surface area contributed by atoms with E-state index in [0.29, 0.717) is 17.5 Å². The number of rotatable bonds is 5. The number of halogens is 1. The molecule has 0 radical (unpaired) electrons. The van der Waals surface area contributed by atoms with Gasteiger partial charge in [0.2, 0.25) is 0 Å². The average Bonchev–Trinajstić information content (AvgIpc) is 3.03. The van der Waals surface area contributed by atoms with Crippen molar-refractivity contribution in [2.45, 2.75) is 25.5 Å². The maximum Gasteiger partial charge on any atom is 0.252 e. The molecular weight excluding hydrogens is 307 g/mol. The van der Waals surface area contributed by atoms with E-state index < -0.39 is 6.10 Å². The largest absolute Gasteiger partial charge is 0.388 e. The Kier molecular flexibility index (Phi) is 4.62. The van der Waals surface area contributed by atoms with Crippen LogP contribution < -0.4 is 5.32 Å². The van der Waals surface area contributed by atoms with Crippen LogP contribution in [0.3, 0.4) is 0 Å². The lowest BCUT2D eigenvalue weighted by molar-refractivity contribution is 0.0918. The van der Waals surface area contributed by atoms with Gasteiger partial charge in [-0.1, -0.05) is 18.2 Å². The Hall–Kier alpha value is -2.66. The number of aliphatic hydroxyl groups excluding tert-OH is 1. The molecule has 3 N–H and O–H groups in total. The minimum atomic E-state index is -0.760. The summed E-state index contributed by atoms with van der Waals surface area (Å²) < 4.78 is 12.9. The molecule has 1 amide bonds. The summed E-state index contributed by atoms with van der Waals surface area (Å²) in [6.45, 7) is 1.84. The Labute approximate surface area is 139 Å². The molecule has 0 aliphatic carbocycles. The number of carbonyl (C=O) groups excluding carboxylic acids is 1. The first-order valence-electron chi connectivity index (χ1n) is 7.85. The van der Waals surface area contributed by atoms with Crippen molar-refractivity contribution in [2.75, 3.05) is 0 Å². The average molecular weight is 326 g/mol. The van der Waals surface area contributed by atoms with E-state index in [0.717, 1.165) is 10.9 Å². The van der Waals surface area contributed by atoms with Crippen LogP contribution in [-0.4, -0.2) is 22.0 Å². The van der Waals surface area contributed by atoms with E-state index in [1.54, 1.807) is 24.4 Å².